The summed E-state index contributed by atoms with van der Waals surface area (Å²) in [4.78, 5) is 18.8. The van der Waals surface area contributed by atoms with E-state index in [2.05, 4.69) is 10.1 Å². The second-order valence-electron chi connectivity index (χ2n) is 6.97. The lowest BCUT2D eigenvalue weighted by Crippen LogP contribution is -2.39. The molecule has 29 heavy (non-hydrogen) atoms. The predicted molar refractivity (Wildman–Crippen MR) is 112 cm³/mol. The van der Waals surface area contributed by atoms with E-state index in [-0.39, 0.29) is 12.5 Å². The van der Waals surface area contributed by atoms with Crippen molar-refractivity contribution in [2.45, 2.75) is 39.8 Å². The number of halogens is 1. The summed E-state index contributed by atoms with van der Waals surface area (Å²) in [5.41, 5.74) is 2.83. The van der Waals surface area contributed by atoms with E-state index < -0.39 is 6.10 Å². The summed E-state index contributed by atoms with van der Waals surface area (Å²) in [6, 6.07) is 13.2. The third-order valence-electron chi connectivity index (χ3n) is 4.58. The quantitative estimate of drug-likeness (QED) is 0.555. The first-order chi connectivity index (χ1) is 13.9. The van der Waals surface area contributed by atoms with Gasteiger partial charge in [-0.2, -0.15) is 4.98 Å². The van der Waals surface area contributed by atoms with Crippen LogP contribution >= 0.6 is 11.6 Å². The van der Waals surface area contributed by atoms with Gasteiger partial charge in [-0.25, -0.2) is 0 Å². The van der Waals surface area contributed by atoms with Gasteiger partial charge in [-0.1, -0.05) is 53.5 Å². The molecule has 3 rings (SSSR count). The molecule has 0 bridgehead atoms. The number of carbonyl (C=O) groups is 1. The molecule has 152 valence electrons. The fourth-order valence-corrected chi connectivity index (χ4v) is 3.21. The molecule has 6 nitrogen and oxygen atoms in total. The fourth-order valence-electron chi connectivity index (χ4n) is 2.99. The van der Waals surface area contributed by atoms with Gasteiger partial charge < -0.3 is 14.2 Å². The maximum absolute atomic E-state index is 12.9. The van der Waals surface area contributed by atoms with E-state index >= 15 is 0 Å². The third kappa shape index (κ3) is 4.95. The number of hydrogen-bond donors (Lipinski definition) is 0. The average molecular weight is 414 g/mol. The number of rotatable bonds is 7. The van der Waals surface area contributed by atoms with Crippen molar-refractivity contribution in [1.29, 1.82) is 0 Å². The van der Waals surface area contributed by atoms with Gasteiger partial charge in [-0.05, 0) is 44.0 Å². The van der Waals surface area contributed by atoms with Gasteiger partial charge in [-0.15, -0.1) is 0 Å². The van der Waals surface area contributed by atoms with E-state index in [0.29, 0.717) is 34.5 Å². The van der Waals surface area contributed by atoms with Crippen molar-refractivity contribution >= 4 is 17.5 Å². The average Bonchev–Trinajstić information content (AvgIpc) is 3.15. The molecule has 2 aromatic carbocycles. The van der Waals surface area contributed by atoms with Gasteiger partial charge in [0.05, 0.1) is 11.6 Å². The van der Waals surface area contributed by atoms with Crippen molar-refractivity contribution < 1.29 is 14.1 Å². The van der Waals surface area contributed by atoms with Gasteiger partial charge in [0.25, 0.3) is 5.91 Å². The second-order valence-corrected chi connectivity index (χ2v) is 7.38. The number of hydrogen-bond acceptors (Lipinski definition) is 5. The third-order valence-corrected chi connectivity index (χ3v) is 4.91. The Balaban J connectivity index is 1.68. The zero-order chi connectivity index (χ0) is 21.0. The minimum absolute atomic E-state index is 0.148. The summed E-state index contributed by atoms with van der Waals surface area (Å²) in [5, 5.41) is 4.51. The van der Waals surface area contributed by atoms with Gasteiger partial charge in [0.2, 0.25) is 11.7 Å². The molecular formula is C22H24ClN3O3. The van der Waals surface area contributed by atoms with Gasteiger partial charge in [0.15, 0.2) is 6.10 Å². The van der Waals surface area contributed by atoms with E-state index in [1.54, 1.807) is 13.1 Å². The lowest BCUT2D eigenvalue weighted by Gasteiger charge is -2.23. The minimum atomic E-state index is -0.590. The number of ether oxygens (including phenoxy) is 1. The summed E-state index contributed by atoms with van der Waals surface area (Å²) in [5.74, 6) is 1.29. The lowest BCUT2D eigenvalue weighted by atomic mass is 10.1. The van der Waals surface area contributed by atoms with Gasteiger partial charge in [0.1, 0.15) is 5.75 Å². The highest BCUT2D eigenvalue weighted by atomic mass is 35.5. The lowest BCUT2D eigenvalue weighted by molar-refractivity contribution is -0.138. The molecular weight excluding hydrogens is 390 g/mol. The van der Waals surface area contributed by atoms with Crippen LogP contribution < -0.4 is 4.74 Å². The number of amides is 1. The van der Waals surface area contributed by atoms with Gasteiger partial charge in [0, 0.05) is 12.6 Å². The van der Waals surface area contributed by atoms with Crippen molar-refractivity contribution in [3.63, 3.8) is 0 Å². The van der Waals surface area contributed by atoms with Crippen LogP contribution in [-0.4, -0.2) is 34.1 Å². The van der Waals surface area contributed by atoms with E-state index in [9.17, 15) is 4.79 Å². The topological polar surface area (TPSA) is 68.5 Å². The van der Waals surface area contributed by atoms with Crippen LogP contribution in [0.5, 0.6) is 5.75 Å². The Labute approximate surface area is 175 Å². The molecule has 0 unspecified atom stereocenters. The number of aromatic nitrogens is 2. The standard InChI is InChI=1S/C22H24ClN3O3/c1-5-18(28-19-11-10-14(2)12-15(19)3)22(27)26(4)13-20-24-21(25-29-20)16-8-6-7-9-17(16)23/h6-12,18H,5,13H2,1-4H3/t18-/m1/s1. The van der Waals surface area contributed by atoms with Crippen molar-refractivity contribution in [2.24, 2.45) is 0 Å². The monoisotopic (exact) mass is 413 g/mol. The Hall–Kier alpha value is -2.86. The molecule has 3 aromatic rings. The van der Waals surface area contributed by atoms with Crippen LogP contribution in [0.1, 0.15) is 30.4 Å². The molecule has 0 aliphatic rings. The molecule has 0 spiro atoms. The molecule has 0 aliphatic heterocycles. The largest absolute Gasteiger partial charge is 0.480 e. The summed E-state index contributed by atoms with van der Waals surface area (Å²) in [7, 11) is 1.69. The van der Waals surface area contributed by atoms with Gasteiger partial charge >= 0.3 is 0 Å². The SMILES string of the molecule is CC[C@@H](Oc1ccc(C)cc1C)C(=O)N(C)Cc1nc(-c2ccccc2Cl)no1. The molecule has 0 saturated heterocycles. The van der Waals surface area contributed by atoms with E-state index in [4.69, 9.17) is 20.9 Å². The zero-order valence-corrected chi connectivity index (χ0v) is 17.7. The summed E-state index contributed by atoms with van der Waals surface area (Å²) < 4.78 is 11.3. The van der Waals surface area contributed by atoms with E-state index in [1.807, 2.05) is 57.2 Å². The fraction of sp³-hybridized carbons (Fsp3) is 0.318. The van der Waals surface area contributed by atoms with Crippen molar-refractivity contribution in [3.8, 4) is 17.1 Å². The van der Waals surface area contributed by atoms with Crippen LogP contribution in [0.3, 0.4) is 0 Å². The first kappa shape index (κ1) is 20.9. The maximum atomic E-state index is 12.9. The van der Waals surface area contributed by atoms with Crippen molar-refractivity contribution in [1.82, 2.24) is 15.0 Å². The van der Waals surface area contributed by atoms with Crippen LogP contribution in [0.2, 0.25) is 5.02 Å². The second kappa shape index (κ2) is 9.09. The van der Waals surface area contributed by atoms with Crippen LogP contribution in [0.4, 0.5) is 0 Å². The van der Waals surface area contributed by atoms with Crippen LogP contribution in [-0.2, 0) is 11.3 Å². The van der Waals surface area contributed by atoms with E-state index in [1.165, 1.54) is 4.90 Å². The minimum Gasteiger partial charge on any atom is -0.480 e. The number of aryl methyl sites for hydroxylation is 2. The predicted octanol–water partition coefficient (Wildman–Crippen LogP) is 4.82. The molecule has 1 heterocycles. The molecule has 0 N–H and O–H groups in total. The first-order valence-electron chi connectivity index (χ1n) is 9.45. The Bertz CT molecular complexity index is 1000. The molecule has 0 radical (unpaired) electrons. The Morgan fingerprint density at radius 2 is 2.00 bits per heavy atom. The van der Waals surface area contributed by atoms with Crippen LogP contribution in [0.15, 0.2) is 47.0 Å². The molecule has 0 saturated carbocycles. The number of benzene rings is 2. The van der Waals surface area contributed by atoms with Crippen LogP contribution in [0.25, 0.3) is 11.4 Å². The Morgan fingerprint density at radius 3 is 2.69 bits per heavy atom. The summed E-state index contributed by atoms with van der Waals surface area (Å²) in [6.07, 6.45) is -0.0436. The number of carbonyl (C=O) groups excluding carboxylic acids is 1. The first-order valence-corrected chi connectivity index (χ1v) is 9.83. The van der Waals surface area contributed by atoms with E-state index in [0.717, 1.165) is 11.1 Å². The van der Waals surface area contributed by atoms with Gasteiger partial charge in [-0.3, -0.25) is 4.79 Å². The molecule has 1 atom stereocenters. The molecule has 1 amide bonds. The molecule has 7 heteroatoms. The zero-order valence-electron chi connectivity index (χ0n) is 17.0. The highest BCUT2D eigenvalue weighted by Gasteiger charge is 2.24. The number of likely N-dealkylation sites (N-methyl/N-ethyl adjacent to an activating group) is 1. The summed E-state index contributed by atoms with van der Waals surface area (Å²) >= 11 is 6.18. The normalized spacial score (nSPS) is 11.9. The molecule has 0 fully saturated rings. The maximum Gasteiger partial charge on any atom is 0.263 e. The highest BCUT2D eigenvalue weighted by molar-refractivity contribution is 6.33. The Kier molecular flexibility index (Phi) is 6.54. The van der Waals surface area contributed by atoms with Crippen molar-refractivity contribution in [3.05, 3.63) is 64.5 Å². The smallest absolute Gasteiger partial charge is 0.263 e. The summed E-state index contributed by atoms with van der Waals surface area (Å²) in [6.45, 7) is 6.09. The molecule has 0 aliphatic carbocycles. The Morgan fingerprint density at radius 1 is 1.24 bits per heavy atom. The molecule has 1 aromatic heterocycles. The number of nitrogens with zero attached hydrogens (tertiary/aromatic N) is 3. The van der Waals surface area contributed by atoms with Crippen LogP contribution in [0, 0.1) is 13.8 Å². The highest BCUT2D eigenvalue weighted by Crippen LogP contribution is 2.25. The van der Waals surface area contributed by atoms with Crippen molar-refractivity contribution in [2.75, 3.05) is 7.05 Å².